The number of urea groups is 1. The van der Waals surface area contributed by atoms with E-state index in [1.807, 2.05) is 27.7 Å². The van der Waals surface area contributed by atoms with Gasteiger partial charge in [0.25, 0.3) is 0 Å². The third-order valence-electron chi connectivity index (χ3n) is 16.1. The summed E-state index contributed by atoms with van der Waals surface area (Å²) in [5.41, 5.74) is 1.99. The van der Waals surface area contributed by atoms with E-state index in [1.165, 1.54) is 51.4 Å². The monoisotopic (exact) mass is 1200 g/mol. The van der Waals surface area contributed by atoms with Crippen LogP contribution in [0.4, 0.5) is 20.1 Å². The number of anilines is 1. The number of likely N-dealkylation sites (N-methyl/N-ethyl adjacent to an activating group) is 2. The van der Waals surface area contributed by atoms with E-state index < -0.39 is 138 Å². The standard InChI is InChI=1S/C59H78N8O19/c1-29(2)46(62-30(3)4)53(74)64-36(13-11-19-61-56(60)75)52(73)63-33-17-15-32(16-18-33)27-82-57(76)65(6)20-21-66(7)58(77)83-28-40(68)59(78)25-35-43(50(72)45-44(48(35)70)47(69)34-12-10-14-38(79-8)42(34)49(45)71)39(26-59)85-41-24-37-51(31(5)84-41)86-54-55(80-9)81-23-22-67(37)54/h10,12,14-18,29-31,36-37,39,41,46,51,54-55,62,70,72,78H,11,13,19-28H2,1-9H3,(H,63,73)(H,64,74)(H3,60,61,75)/t31-,36-,37-,39-,41-,46-,51+,54+,55-,59-/m0/s1. The number of morpholine rings is 1. The number of hydrogen-bond acceptors (Lipinski definition) is 21. The molecule has 5 aliphatic rings. The topological polar surface area (TPSA) is 355 Å². The minimum absolute atomic E-state index is 0.00715. The number of carbonyl (C=O) groups excluding carboxylic acids is 8. The molecule has 0 saturated carbocycles. The molecular weight excluding hydrogens is 1120 g/mol. The molecule has 27 nitrogen and oxygen atoms in total. The summed E-state index contributed by atoms with van der Waals surface area (Å²) in [5.74, 6) is -5.00. The SMILES string of the molecule is COc1cccc2c1C(=O)c1c(O)c3c(c(O)c1C2=O)C[C@@](O)(C(=O)COC(=O)N(C)CCN(C)C(=O)OCc1ccc(NC(=O)[C@H](CCCNC(N)=O)NC(=O)[C@@H](NC(C)C)C(C)C)cc1)C[C@@H]3O[C@H]1C[C@H]2[C@H](O[C@@H]3[C@@H](OC)OCCN32)[C@H](C)O1. The molecule has 86 heavy (non-hydrogen) atoms. The van der Waals surface area contributed by atoms with Gasteiger partial charge >= 0.3 is 18.2 Å². The Morgan fingerprint density at radius 2 is 1.57 bits per heavy atom. The van der Waals surface area contributed by atoms with E-state index in [2.05, 4.69) is 26.2 Å². The molecule has 0 spiro atoms. The van der Waals surface area contributed by atoms with Crippen molar-refractivity contribution < 1.29 is 91.6 Å². The maximum absolute atomic E-state index is 14.3. The Bertz CT molecular complexity index is 3050. The van der Waals surface area contributed by atoms with Gasteiger partial charge in [-0.25, -0.2) is 14.4 Å². The van der Waals surface area contributed by atoms with Crippen molar-refractivity contribution in [1.82, 2.24) is 30.7 Å². The lowest BCUT2D eigenvalue weighted by atomic mass is 9.72. The van der Waals surface area contributed by atoms with Crippen LogP contribution in [0.3, 0.4) is 0 Å². The molecule has 0 unspecified atom stereocenters. The Morgan fingerprint density at radius 3 is 2.22 bits per heavy atom. The van der Waals surface area contributed by atoms with E-state index in [4.69, 9.17) is 43.6 Å². The first kappa shape index (κ1) is 64.5. The summed E-state index contributed by atoms with van der Waals surface area (Å²) in [4.78, 5) is 112. The lowest BCUT2D eigenvalue weighted by Crippen LogP contribution is -2.55. The fraction of sp³-hybridized carbons (Fsp3) is 0.559. The Kier molecular flexibility index (Phi) is 20.6. The third kappa shape index (κ3) is 14.0. The first-order valence-electron chi connectivity index (χ1n) is 28.6. The van der Waals surface area contributed by atoms with Crippen LogP contribution < -0.4 is 31.7 Å². The smallest absolute Gasteiger partial charge is 0.409 e. The van der Waals surface area contributed by atoms with Gasteiger partial charge in [0, 0.05) is 101 Å². The van der Waals surface area contributed by atoms with Crippen molar-refractivity contribution in [3.05, 3.63) is 81.4 Å². The van der Waals surface area contributed by atoms with Crippen LogP contribution in [0.15, 0.2) is 42.5 Å². The van der Waals surface area contributed by atoms with Crippen molar-refractivity contribution in [2.45, 2.75) is 140 Å². The second kappa shape index (κ2) is 27.5. The van der Waals surface area contributed by atoms with Crippen molar-refractivity contribution in [2.24, 2.45) is 11.7 Å². The molecule has 6 amide bonds. The van der Waals surface area contributed by atoms with Gasteiger partial charge in [-0.3, -0.25) is 28.9 Å². The maximum atomic E-state index is 14.3. The number of nitrogens with zero attached hydrogens (tertiary/aromatic N) is 3. The molecule has 10 atom stereocenters. The molecule has 0 radical (unpaired) electrons. The molecule has 3 fully saturated rings. The summed E-state index contributed by atoms with van der Waals surface area (Å²) < 4.78 is 46.9. The number of ether oxygens (including phenoxy) is 8. The van der Waals surface area contributed by atoms with Gasteiger partial charge in [-0.15, -0.1) is 0 Å². The number of aromatic hydroxyl groups is 2. The highest BCUT2D eigenvalue weighted by molar-refractivity contribution is 6.31. The number of aliphatic hydroxyl groups is 1. The molecule has 3 aromatic rings. The highest BCUT2D eigenvalue weighted by atomic mass is 16.7. The number of fused-ring (bicyclic) bond motifs is 6. The molecular formula is C59H78N8O19. The molecule has 3 aromatic carbocycles. The third-order valence-corrected chi connectivity index (χ3v) is 16.1. The predicted molar refractivity (Wildman–Crippen MR) is 304 cm³/mol. The molecule has 3 saturated heterocycles. The van der Waals surface area contributed by atoms with Crippen molar-refractivity contribution in [3.8, 4) is 17.2 Å². The van der Waals surface area contributed by atoms with Gasteiger partial charge in [0.05, 0.1) is 48.7 Å². The lowest BCUT2D eigenvalue weighted by molar-refractivity contribution is -0.256. The number of carbonyl (C=O) groups is 8. The summed E-state index contributed by atoms with van der Waals surface area (Å²) in [6.07, 6.45) is -7.06. The zero-order valence-electron chi connectivity index (χ0n) is 49.7. The molecule has 0 bridgehead atoms. The highest BCUT2D eigenvalue weighted by Crippen LogP contribution is 2.53. The number of phenolic OH excluding ortho intramolecular Hbond substituents is 2. The van der Waals surface area contributed by atoms with Crippen molar-refractivity contribution >= 4 is 53.1 Å². The number of benzene rings is 3. The van der Waals surface area contributed by atoms with Crippen molar-refractivity contribution in [3.63, 3.8) is 0 Å². The zero-order valence-corrected chi connectivity index (χ0v) is 49.7. The zero-order chi connectivity index (χ0) is 62.5. The number of ketones is 3. The molecule has 0 aromatic heterocycles. The summed E-state index contributed by atoms with van der Waals surface area (Å²) in [6.45, 7) is 9.17. The fourth-order valence-electron chi connectivity index (χ4n) is 11.5. The van der Waals surface area contributed by atoms with Crippen LogP contribution in [0.2, 0.25) is 0 Å². The number of phenols is 2. The van der Waals surface area contributed by atoms with Crippen LogP contribution in [0, 0.1) is 5.92 Å². The van der Waals surface area contributed by atoms with Gasteiger partial charge in [0.15, 0.2) is 31.2 Å². The molecule has 468 valence electrons. The summed E-state index contributed by atoms with van der Waals surface area (Å²) in [6, 6.07) is 8.33. The van der Waals surface area contributed by atoms with E-state index in [1.54, 1.807) is 31.2 Å². The Balaban J connectivity index is 0.883. The van der Waals surface area contributed by atoms with E-state index in [0.717, 1.165) is 4.90 Å². The van der Waals surface area contributed by atoms with Crippen LogP contribution >= 0.6 is 0 Å². The van der Waals surface area contributed by atoms with E-state index in [9.17, 15) is 53.7 Å². The number of Topliss-reactive ketones (excluding diaryl/α,β-unsaturated/α-hetero) is 1. The molecule has 8 rings (SSSR count). The maximum Gasteiger partial charge on any atom is 0.409 e. The van der Waals surface area contributed by atoms with E-state index in [-0.39, 0.29) is 91.0 Å². The van der Waals surface area contributed by atoms with Gasteiger partial charge in [0.2, 0.25) is 23.4 Å². The fourth-order valence-corrected chi connectivity index (χ4v) is 11.5. The van der Waals surface area contributed by atoms with Crippen molar-refractivity contribution in [1.29, 1.82) is 0 Å². The summed E-state index contributed by atoms with van der Waals surface area (Å²) in [7, 11) is 5.63. The number of nitrogens with two attached hydrogens (primary N) is 1. The predicted octanol–water partition coefficient (Wildman–Crippen LogP) is 2.95. The van der Waals surface area contributed by atoms with Gasteiger partial charge < -0.3 is 90.0 Å². The second-order valence-corrected chi connectivity index (χ2v) is 22.8. The van der Waals surface area contributed by atoms with Crippen LogP contribution in [-0.4, -0.2) is 206 Å². The van der Waals surface area contributed by atoms with Crippen molar-refractivity contribution in [2.75, 3.05) is 73.0 Å². The molecule has 27 heteroatoms. The largest absolute Gasteiger partial charge is 0.507 e. The van der Waals surface area contributed by atoms with Gasteiger partial charge in [-0.05, 0) is 49.4 Å². The molecule has 9 N–H and O–H groups in total. The molecule has 3 aliphatic heterocycles. The number of nitrogens with one attached hydrogen (secondary N) is 4. The van der Waals surface area contributed by atoms with Crippen LogP contribution in [0.5, 0.6) is 17.2 Å². The second-order valence-electron chi connectivity index (χ2n) is 22.8. The van der Waals surface area contributed by atoms with Gasteiger partial charge in [-0.1, -0.05) is 52.0 Å². The quantitative estimate of drug-likeness (QED) is 0.0391. The number of methoxy groups -OCH3 is 2. The average Bonchev–Trinajstić information content (AvgIpc) is 0.854. The Hall–Kier alpha value is -7.50. The molecule has 2 aliphatic carbocycles. The van der Waals surface area contributed by atoms with Crippen LogP contribution in [-0.2, 0) is 60.6 Å². The van der Waals surface area contributed by atoms with E-state index >= 15 is 0 Å². The number of hydrogen-bond donors (Lipinski definition) is 8. The average molecular weight is 1200 g/mol. The number of primary amides is 1. The lowest BCUT2D eigenvalue weighted by Gasteiger charge is -2.43. The summed E-state index contributed by atoms with van der Waals surface area (Å²) >= 11 is 0. The van der Waals surface area contributed by atoms with E-state index in [0.29, 0.717) is 30.8 Å². The first-order valence-corrected chi connectivity index (χ1v) is 28.6. The molecule has 3 heterocycles. The number of amides is 6. The van der Waals surface area contributed by atoms with Crippen LogP contribution in [0.25, 0.3) is 0 Å². The normalized spacial score (nSPS) is 23.8. The Labute approximate surface area is 497 Å². The van der Waals surface area contributed by atoms with Gasteiger partial charge in [0.1, 0.15) is 41.6 Å². The van der Waals surface area contributed by atoms with Gasteiger partial charge in [-0.2, -0.15) is 0 Å². The minimum atomic E-state index is -2.46. The Morgan fingerprint density at radius 1 is 0.884 bits per heavy atom. The highest BCUT2D eigenvalue weighted by Gasteiger charge is 2.55. The summed E-state index contributed by atoms with van der Waals surface area (Å²) in [5, 5.41) is 48.0. The first-order chi connectivity index (χ1) is 40.8. The van der Waals surface area contributed by atoms with Crippen LogP contribution in [0.1, 0.15) is 115 Å². The number of rotatable bonds is 23. The minimum Gasteiger partial charge on any atom is -0.507 e.